The van der Waals surface area contributed by atoms with E-state index in [2.05, 4.69) is 15.4 Å². The lowest BCUT2D eigenvalue weighted by Crippen LogP contribution is -2.29. The minimum absolute atomic E-state index is 0.682. The van der Waals surface area contributed by atoms with Crippen LogP contribution in [-0.2, 0) is 0 Å². The minimum Gasteiger partial charge on any atom is -0.251 e. The number of nitrogens with zero attached hydrogens (tertiary/aromatic N) is 3. The fraction of sp³-hybridized carbons (Fsp3) is 0.143. The van der Waals surface area contributed by atoms with E-state index in [4.69, 9.17) is 0 Å². The Balaban J connectivity index is 2.23. The number of anilines is 1. The van der Waals surface area contributed by atoms with Gasteiger partial charge in [0.1, 0.15) is 0 Å². The van der Waals surface area contributed by atoms with Crippen LogP contribution in [0.15, 0.2) is 30.7 Å². The Hall–Kier alpha value is -1.42. The van der Waals surface area contributed by atoms with Crippen molar-refractivity contribution in [1.82, 2.24) is 15.4 Å². The second-order valence-corrected chi connectivity index (χ2v) is 2.17. The minimum atomic E-state index is 0.682. The zero-order valence-corrected chi connectivity index (χ0v) is 5.94. The predicted molar refractivity (Wildman–Crippen MR) is 41.7 cm³/mol. The lowest BCUT2D eigenvalue weighted by atomic mass is 10.6. The van der Waals surface area contributed by atoms with Gasteiger partial charge in [0.2, 0.25) is 5.95 Å². The first-order valence-corrected chi connectivity index (χ1v) is 3.43. The van der Waals surface area contributed by atoms with E-state index in [1.165, 1.54) is 0 Å². The SMILES string of the molecule is C1=CN(c2ncccn2)NC1. The first-order chi connectivity index (χ1) is 5.47. The topological polar surface area (TPSA) is 41.1 Å². The number of hydrogen-bond acceptors (Lipinski definition) is 4. The van der Waals surface area contributed by atoms with Crippen LogP contribution in [0.3, 0.4) is 0 Å². The Labute approximate surface area is 64.5 Å². The molecule has 0 amide bonds. The molecule has 1 N–H and O–H groups in total. The second-order valence-electron chi connectivity index (χ2n) is 2.17. The zero-order chi connectivity index (χ0) is 7.52. The Bertz CT molecular complexity index is 256. The molecule has 0 bridgehead atoms. The highest BCUT2D eigenvalue weighted by atomic mass is 15.5. The van der Waals surface area contributed by atoms with Crippen molar-refractivity contribution in [2.75, 3.05) is 11.6 Å². The van der Waals surface area contributed by atoms with Gasteiger partial charge in [-0.25, -0.2) is 15.4 Å². The third kappa shape index (κ3) is 1.20. The Morgan fingerprint density at radius 1 is 1.36 bits per heavy atom. The van der Waals surface area contributed by atoms with E-state index in [1.54, 1.807) is 23.5 Å². The maximum atomic E-state index is 4.06. The summed E-state index contributed by atoms with van der Waals surface area (Å²) in [5, 5.41) is 1.79. The van der Waals surface area contributed by atoms with Crippen LogP contribution in [0.2, 0.25) is 0 Å². The summed E-state index contributed by atoms with van der Waals surface area (Å²) in [4.78, 5) is 8.12. The number of hydrazine groups is 1. The van der Waals surface area contributed by atoms with Crippen molar-refractivity contribution >= 4 is 5.95 Å². The van der Waals surface area contributed by atoms with Gasteiger partial charge in [0.25, 0.3) is 0 Å². The average molecular weight is 148 g/mol. The maximum Gasteiger partial charge on any atom is 0.244 e. The van der Waals surface area contributed by atoms with E-state index in [1.807, 2.05) is 12.3 Å². The van der Waals surface area contributed by atoms with E-state index in [9.17, 15) is 0 Å². The fourth-order valence-electron chi connectivity index (χ4n) is 0.915. The third-order valence-electron chi connectivity index (χ3n) is 1.40. The van der Waals surface area contributed by atoms with Gasteiger partial charge in [0.05, 0.1) is 0 Å². The van der Waals surface area contributed by atoms with Crippen LogP contribution < -0.4 is 10.4 Å². The Morgan fingerprint density at radius 2 is 2.18 bits per heavy atom. The first-order valence-electron chi connectivity index (χ1n) is 3.43. The molecule has 4 heteroatoms. The average Bonchev–Trinajstić information content (AvgIpc) is 2.58. The fourth-order valence-corrected chi connectivity index (χ4v) is 0.915. The summed E-state index contributed by atoms with van der Waals surface area (Å²) in [6.07, 6.45) is 7.36. The molecular weight excluding hydrogens is 140 g/mol. The monoisotopic (exact) mass is 148 g/mol. The van der Waals surface area contributed by atoms with Crippen molar-refractivity contribution in [3.8, 4) is 0 Å². The van der Waals surface area contributed by atoms with Gasteiger partial charge in [-0.2, -0.15) is 0 Å². The van der Waals surface area contributed by atoms with Crippen molar-refractivity contribution in [1.29, 1.82) is 0 Å². The molecule has 0 aliphatic carbocycles. The van der Waals surface area contributed by atoms with Crippen LogP contribution in [0.1, 0.15) is 0 Å². The van der Waals surface area contributed by atoms with Crippen LogP contribution in [-0.4, -0.2) is 16.5 Å². The highest BCUT2D eigenvalue weighted by molar-refractivity contribution is 5.33. The molecule has 0 saturated heterocycles. The number of rotatable bonds is 1. The first kappa shape index (κ1) is 6.30. The number of aromatic nitrogens is 2. The van der Waals surface area contributed by atoms with Gasteiger partial charge >= 0.3 is 0 Å². The summed E-state index contributed by atoms with van der Waals surface area (Å²) in [5.41, 5.74) is 3.07. The van der Waals surface area contributed by atoms with Gasteiger partial charge in [-0.15, -0.1) is 0 Å². The van der Waals surface area contributed by atoms with Crippen molar-refractivity contribution in [3.63, 3.8) is 0 Å². The maximum absolute atomic E-state index is 4.06. The lowest BCUT2D eigenvalue weighted by molar-refractivity contribution is 0.782. The summed E-state index contributed by atoms with van der Waals surface area (Å²) in [5.74, 6) is 0.682. The number of hydrogen-bond donors (Lipinski definition) is 1. The molecule has 2 rings (SSSR count). The molecular formula is C7H8N4. The highest BCUT2D eigenvalue weighted by Gasteiger charge is 2.06. The molecule has 0 saturated carbocycles. The van der Waals surface area contributed by atoms with Crippen LogP contribution in [0.5, 0.6) is 0 Å². The summed E-state index contributed by atoms with van der Waals surface area (Å²) in [7, 11) is 0. The molecule has 0 aromatic carbocycles. The summed E-state index contributed by atoms with van der Waals surface area (Å²) >= 11 is 0. The van der Waals surface area contributed by atoms with Crippen molar-refractivity contribution in [3.05, 3.63) is 30.7 Å². The van der Waals surface area contributed by atoms with Crippen molar-refractivity contribution in [2.24, 2.45) is 0 Å². The molecule has 0 radical (unpaired) electrons. The lowest BCUT2D eigenvalue weighted by Gasteiger charge is -2.11. The molecule has 1 aliphatic heterocycles. The number of nitrogens with one attached hydrogen (secondary N) is 1. The summed E-state index contributed by atoms with van der Waals surface area (Å²) < 4.78 is 0. The molecule has 0 atom stereocenters. The smallest absolute Gasteiger partial charge is 0.244 e. The van der Waals surface area contributed by atoms with E-state index < -0.39 is 0 Å². The van der Waals surface area contributed by atoms with E-state index in [0.717, 1.165) is 6.54 Å². The van der Waals surface area contributed by atoms with Crippen LogP contribution in [0.4, 0.5) is 5.95 Å². The zero-order valence-electron chi connectivity index (χ0n) is 5.94. The second kappa shape index (κ2) is 2.67. The quantitative estimate of drug-likeness (QED) is 0.622. The van der Waals surface area contributed by atoms with Crippen molar-refractivity contribution in [2.45, 2.75) is 0 Å². The molecule has 1 aliphatic rings. The summed E-state index contributed by atoms with van der Waals surface area (Å²) in [6.45, 7) is 0.845. The molecule has 0 spiro atoms. The Morgan fingerprint density at radius 3 is 2.82 bits per heavy atom. The normalized spacial score (nSPS) is 15.8. The molecule has 56 valence electrons. The predicted octanol–water partition coefficient (Wildman–Crippen LogP) is 0.315. The van der Waals surface area contributed by atoms with Gasteiger partial charge in [-0.3, -0.25) is 5.01 Å². The van der Waals surface area contributed by atoms with E-state index in [-0.39, 0.29) is 0 Å². The largest absolute Gasteiger partial charge is 0.251 e. The molecule has 2 heterocycles. The Kier molecular flexibility index (Phi) is 1.53. The van der Waals surface area contributed by atoms with Gasteiger partial charge in [0.15, 0.2) is 0 Å². The standard InChI is InChI=1S/C7H8N4/c1-3-8-7(9-4-1)11-6-2-5-10-11/h1-4,6,10H,5H2. The van der Waals surface area contributed by atoms with Crippen LogP contribution >= 0.6 is 0 Å². The molecule has 1 aromatic rings. The molecule has 11 heavy (non-hydrogen) atoms. The van der Waals surface area contributed by atoms with E-state index >= 15 is 0 Å². The van der Waals surface area contributed by atoms with Gasteiger partial charge in [0, 0.05) is 25.1 Å². The van der Waals surface area contributed by atoms with Gasteiger partial charge in [-0.05, 0) is 6.07 Å². The van der Waals surface area contributed by atoms with Gasteiger partial charge in [-0.1, -0.05) is 6.08 Å². The highest BCUT2D eigenvalue weighted by Crippen LogP contribution is 2.04. The van der Waals surface area contributed by atoms with Crippen LogP contribution in [0.25, 0.3) is 0 Å². The third-order valence-corrected chi connectivity index (χ3v) is 1.40. The molecule has 4 nitrogen and oxygen atoms in total. The molecule has 0 fully saturated rings. The molecule has 1 aromatic heterocycles. The summed E-state index contributed by atoms with van der Waals surface area (Å²) in [6, 6.07) is 1.79. The van der Waals surface area contributed by atoms with Gasteiger partial charge < -0.3 is 0 Å². The van der Waals surface area contributed by atoms with Crippen molar-refractivity contribution < 1.29 is 0 Å². The van der Waals surface area contributed by atoms with Crippen LogP contribution in [0, 0.1) is 0 Å². The molecule has 0 unspecified atom stereocenters. The van der Waals surface area contributed by atoms with E-state index in [0.29, 0.717) is 5.95 Å².